The van der Waals surface area contributed by atoms with Crippen molar-refractivity contribution in [3.8, 4) is 6.07 Å². The normalized spacial score (nSPS) is 11.3. The number of hydrogen-bond acceptors (Lipinski definition) is 3. The first kappa shape index (κ1) is 18.7. The molecule has 9 heteroatoms. The van der Waals surface area contributed by atoms with Gasteiger partial charge >= 0.3 is 0 Å². The van der Waals surface area contributed by atoms with E-state index in [1.807, 2.05) is 5.32 Å². The number of nitrogens with one attached hydrogen (secondary N) is 2. The first-order valence-electron chi connectivity index (χ1n) is 6.74. The molecule has 0 aliphatic carbocycles. The van der Waals surface area contributed by atoms with E-state index in [9.17, 15) is 18.0 Å². The van der Waals surface area contributed by atoms with Gasteiger partial charge in [-0.05, 0) is 24.3 Å². The molecule has 0 saturated carbocycles. The topological polar surface area (TPSA) is 64.9 Å². The summed E-state index contributed by atoms with van der Waals surface area (Å²) in [6.07, 6.45) is 0. The van der Waals surface area contributed by atoms with Gasteiger partial charge in [0.1, 0.15) is 4.99 Å². The zero-order valence-corrected chi connectivity index (χ0v) is 13.9. The molecule has 2 aromatic carbocycles. The summed E-state index contributed by atoms with van der Waals surface area (Å²) in [6, 6.07) is 9.64. The fourth-order valence-corrected chi connectivity index (χ4v) is 2.28. The number of nitrogens with zero attached hydrogens (tertiary/aromatic N) is 1. The van der Waals surface area contributed by atoms with Gasteiger partial charge in [0, 0.05) is 0 Å². The summed E-state index contributed by atoms with van der Waals surface area (Å²) < 4.78 is 39.7. The number of nitriles is 1. The lowest BCUT2D eigenvalue weighted by Crippen LogP contribution is -2.32. The second-order valence-corrected chi connectivity index (χ2v) is 5.59. The Morgan fingerprint density at radius 1 is 1.08 bits per heavy atom. The Hall–Kier alpha value is -2.63. The highest BCUT2D eigenvalue weighted by Crippen LogP contribution is 2.23. The minimum absolute atomic E-state index is 0.184. The molecular formula is C16H9ClF3N3OS. The van der Waals surface area contributed by atoms with Gasteiger partial charge in [0.05, 0.1) is 22.5 Å². The Kier molecular flexibility index (Phi) is 5.96. The molecule has 1 atom stereocenters. The molecule has 0 aliphatic rings. The van der Waals surface area contributed by atoms with Crippen LogP contribution in [0.5, 0.6) is 0 Å². The Bertz CT molecular complexity index is 885. The quantitative estimate of drug-likeness (QED) is 0.611. The average Bonchev–Trinajstić information content (AvgIpc) is 2.58. The maximum atomic E-state index is 13.6. The minimum Gasteiger partial charge on any atom is -0.347 e. The monoisotopic (exact) mass is 383 g/mol. The predicted octanol–water partition coefficient (Wildman–Crippen LogP) is 4.28. The van der Waals surface area contributed by atoms with Gasteiger partial charge < -0.3 is 10.6 Å². The summed E-state index contributed by atoms with van der Waals surface area (Å²) in [7, 11) is 0. The van der Waals surface area contributed by atoms with Gasteiger partial charge in [0.2, 0.25) is 5.91 Å². The van der Waals surface area contributed by atoms with E-state index in [0.29, 0.717) is 16.8 Å². The molecule has 0 saturated heterocycles. The van der Waals surface area contributed by atoms with E-state index in [1.165, 1.54) is 0 Å². The van der Waals surface area contributed by atoms with Crippen molar-refractivity contribution in [1.82, 2.24) is 0 Å². The smallest absolute Gasteiger partial charge is 0.248 e. The number of benzene rings is 2. The van der Waals surface area contributed by atoms with Crippen molar-refractivity contribution >= 4 is 46.1 Å². The first-order valence-corrected chi connectivity index (χ1v) is 7.53. The van der Waals surface area contributed by atoms with Crippen molar-refractivity contribution in [2.75, 3.05) is 10.6 Å². The van der Waals surface area contributed by atoms with Crippen LogP contribution in [0.15, 0.2) is 36.4 Å². The molecule has 0 spiro atoms. The molecule has 1 amide bonds. The van der Waals surface area contributed by atoms with Crippen molar-refractivity contribution in [3.05, 3.63) is 58.9 Å². The predicted molar refractivity (Wildman–Crippen MR) is 91.7 cm³/mol. The molecule has 0 fully saturated rings. The fraction of sp³-hybridized carbons (Fsp3) is 0.0625. The van der Waals surface area contributed by atoms with Gasteiger partial charge in [-0.15, -0.1) is 0 Å². The van der Waals surface area contributed by atoms with Gasteiger partial charge in [-0.25, -0.2) is 13.2 Å². The van der Waals surface area contributed by atoms with Crippen LogP contribution in [0.4, 0.5) is 24.5 Å². The Morgan fingerprint density at radius 3 is 2.40 bits per heavy atom. The maximum absolute atomic E-state index is 13.6. The number of thiocarbonyl (C=S) groups is 1. The molecule has 4 nitrogen and oxygen atoms in total. The summed E-state index contributed by atoms with van der Waals surface area (Å²) in [5.74, 6) is -7.21. The van der Waals surface area contributed by atoms with Crippen molar-refractivity contribution in [2.45, 2.75) is 0 Å². The van der Waals surface area contributed by atoms with E-state index in [4.69, 9.17) is 29.1 Å². The van der Waals surface area contributed by atoms with E-state index < -0.39 is 35.0 Å². The molecule has 0 heterocycles. The van der Waals surface area contributed by atoms with Crippen LogP contribution in [0.1, 0.15) is 0 Å². The van der Waals surface area contributed by atoms with Crippen molar-refractivity contribution in [2.24, 2.45) is 5.92 Å². The number of para-hydroxylation sites is 1. The third-order valence-electron chi connectivity index (χ3n) is 3.08. The van der Waals surface area contributed by atoms with Gasteiger partial charge in [0.25, 0.3) is 0 Å². The lowest BCUT2D eigenvalue weighted by Gasteiger charge is -2.14. The molecular weight excluding hydrogens is 375 g/mol. The standard InChI is InChI=1S/C16H9ClF3N3OS/c17-9-3-1-2-4-11(9)23-16(25)8(7-21)15(24)22-12-6-5-10(18)13(19)14(12)20/h1-6,8H,(H,22,24)(H,23,25). The SMILES string of the molecule is N#CC(C(=O)Nc1ccc(F)c(F)c1F)C(=S)Nc1ccccc1Cl. The Balaban J connectivity index is 2.16. The molecule has 0 bridgehead atoms. The lowest BCUT2D eigenvalue weighted by molar-refractivity contribution is -0.116. The highest BCUT2D eigenvalue weighted by molar-refractivity contribution is 7.80. The Labute approximate surface area is 151 Å². The van der Waals surface area contributed by atoms with Gasteiger partial charge in [-0.2, -0.15) is 5.26 Å². The van der Waals surface area contributed by atoms with Crippen LogP contribution in [0.25, 0.3) is 0 Å². The third-order valence-corrected chi connectivity index (χ3v) is 3.75. The number of carbonyl (C=O) groups is 1. The van der Waals surface area contributed by atoms with Gasteiger partial charge in [-0.1, -0.05) is 36.0 Å². The van der Waals surface area contributed by atoms with E-state index in [1.54, 1.807) is 30.3 Å². The number of rotatable bonds is 4. The second-order valence-electron chi connectivity index (χ2n) is 4.74. The van der Waals surface area contributed by atoms with Crippen LogP contribution >= 0.6 is 23.8 Å². The molecule has 2 N–H and O–H groups in total. The molecule has 128 valence electrons. The lowest BCUT2D eigenvalue weighted by atomic mass is 10.1. The highest BCUT2D eigenvalue weighted by Gasteiger charge is 2.25. The van der Waals surface area contributed by atoms with Crippen LogP contribution in [-0.4, -0.2) is 10.9 Å². The third kappa shape index (κ3) is 4.26. The number of amides is 1. The largest absolute Gasteiger partial charge is 0.347 e. The van der Waals surface area contributed by atoms with E-state index in [2.05, 4.69) is 5.32 Å². The summed E-state index contributed by atoms with van der Waals surface area (Å²) >= 11 is 11.0. The molecule has 25 heavy (non-hydrogen) atoms. The van der Waals surface area contributed by atoms with Crippen LogP contribution in [0.3, 0.4) is 0 Å². The zero-order chi connectivity index (χ0) is 18.6. The summed E-state index contributed by atoms with van der Waals surface area (Å²) in [5, 5.41) is 14.1. The van der Waals surface area contributed by atoms with Crippen molar-refractivity contribution in [3.63, 3.8) is 0 Å². The number of halogens is 4. The fourth-order valence-electron chi connectivity index (χ4n) is 1.83. The number of anilines is 2. The number of hydrogen-bond donors (Lipinski definition) is 2. The average molecular weight is 384 g/mol. The molecule has 2 rings (SSSR count). The van der Waals surface area contributed by atoms with E-state index in [-0.39, 0.29) is 4.99 Å². The van der Waals surface area contributed by atoms with Crippen LogP contribution in [0, 0.1) is 34.7 Å². The minimum atomic E-state index is -1.73. The molecule has 1 unspecified atom stereocenters. The van der Waals surface area contributed by atoms with Crippen molar-refractivity contribution < 1.29 is 18.0 Å². The highest BCUT2D eigenvalue weighted by atomic mass is 35.5. The first-order chi connectivity index (χ1) is 11.8. The summed E-state index contributed by atoms with van der Waals surface area (Å²) in [4.78, 5) is 11.9. The Morgan fingerprint density at radius 2 is 1.76 bits per heavy atom. The maximum Gasteiger partial charge on any atom is 0.248 e. The van der Waals surface area contributed by atoms with Crippen LogP contribution in [-0.2, 0) is 4.79 Å². The molecule has 0 radical (unpaired) electrons. The van der Waals surface area contributed by atoms with E-state index >= 15 is 0 Å². The molecule has 0 aliphatic heterocycles. The molecule has 0 aromatic heterocycles. The van der Waals surface area contributed by atoms with E-state index in [0.717, 1.165) is 6.07 Å². The summed E-state index contributed by atoms with van der Waals surface area (Å²) in [6.45, 7) is 0. The van der Waals surface area contributed by atoms with Gasteiger partial charge in [0.15, 0.2) is 23.4 Å². The summed E-state index contributed by atoms with van der Waals surface area (Å²) in [5.41, 5.74) is -0.231. The molecule has 2 aromatic rings. The van der Waals surface area contributed by atoms with Gasteiger partial charge in [-0.3, -0.25) is 4.79 Å². The zero-order valence-electron chi connectivity index (χ0n) is 12.3. The van der Waals surface area contributed by atoms with Crippen LogP contribution in [0.2, 0.25) is 5.02 Å². The van der Waals surface area contributed by atoms with Crippen LogP contribution < -0.4 is 10.6 Å². The van der Waals surface area contributed by atoms with Crippen molar-refractivity contribution in [1.29, 1.82) is 5.26 Å². The second kappa shape index (κ2) is 7.96. The number of carbonyl (C=O) groups excluding carboxylic acids is 1.